The molecule has 0 fully saturated rings. The van der Waals surface area contributed by atoms with Gasteiger partial charge in [0, 0.05) is 11.1 Å². The first-order valence-corrected chi connectivity index (χ1v) is 7.35. The zero-order valence-corrected chi connectivity index (χ0v) is 12.8. The molecule has 2 aromatic rings. The highest BCUT2D eigenvalue weighted by Crippen LogP contribution is 2.38. The Morgan fingerprint density at radius 1 is 1.29 bits per heavy atom. The lowest BCUT2D eigenvalue weighted by Gasteiger charge is -2.19. The van der Waals surface area contributed by atoms with Gasteiger partial charge in [-0.15, -0.1) is 0 Å². The number of benzene rings is 2. The number of hydrogen-bond donors (Lipinski definition) is 1. The number of aryl methyl sites for hydroxylation is 2. The van der Waals surface area contributed by atoms with Crippen molar-refractivity contribution < 1.29 is 9.13 Å². The molecule has 4 heteroatoms. The largest absolute Gasteiger partial charge is 0.495 e. The fraction of sp³-hybridized carbons (Fsp3) is 0.294. The average molecular weight is 306 g/mol. The standard InChI is InChI=1S/C17H17ClFNO/c1-10-7-16(17(21-2)9-14(10)18)20-15-6-3-11-8-12(19)4-5-13(11)15/h4-5,7-9,15,20H,3,6H2,1-2H3. The van der Waals surface area contributed by atoms with E-state index >= 15 is 0 Å². The predicted octanol–water partition coefficient (Wildman–Crippen LogP) is 4.90. The molecule has 0 aromatic heterocycles. The molecule has 1 aliphatic carbocycles. The quantitative estimate of drug-likeness (QED) is 0.871. The highest BCUT2D eigenvalue weighted by atomic mass is 35.5. The average Bonchev–Trinajstić information content (AvgIpc) is 2.84. The number of fused-ring (bicyclic) bond motifs is 1. The summed E-state index contributed by atoms with van der Waals surface area (Å²) in [7, 11) is 1.63. The van der Waals surface area contributed by atoms with Gasteiger partial charge in [-0.25, -0.2) is 4.39 Å². The van der Waals surface area contributed by atoms with E-state index in [0.29, 0.717) is 5.02 Å². The Balaban J connectivity index is 1.91. The fourth-order valence-electron chi connectivity index (χ4n) is 2.87. The molecule has 1 atom stereocenters. The van der Waals surface area contributed by atoms with Crippen LogP contribution in [-0.4, -0.2) is 7.11 Å². The van der Waals surface area contributed by atoms with E-state index in [0.717, 1.165) is 41.0 Å². The molecule has 0 spiro atoms. The van der Waals surface area contributed by atoms with Crippen molar-refractivity contribution in [1.82, 2.24) is 0 Å². The molecule has 3 rings (SSSR count). The number of hydrogen-bond acceptors (Lipinski definition) is 2. The molecule has 0 saturated carbocycles. The highest BCUT2D eigenvalue weighted by molar-refractivity contribution is 6.31. The van der Waals surface area contributed by atoms with Crippen molar-refractivity contribution in [2.75, 3.05) is 12.4 Å². The molecular weight excluding hydrogens is 289 g/mol. The van der Waals surface area contributed by atoms with Crippen LogP contribution in [0.1, 0.15) is 29.2 Å². The topological polar surface area (TPSA) is 21.3 Å². The summed E-state index contributed by atoms with van der Waals surface area (Å²) in [6.45, 7) is 1.96. The van der Waals surface area contributed by atoms with Crippen LogP contribution >= 0.6 is 11.6 Å². The van der Waals surface area contributed by atoms with Crippen LogP contribution in [0, 0.1) is 12.7 Å². The van der Waals surface area contributed by atoms with E-state index in [-0.39, 0.29) is 11.9 Å². The Morgan fingerprint density at radius 3 is 2.86 bits per heavy atom. The predicted molar refractivity (Wildman–Crippen MR) is 83.8 cm³/mol. The van der Waals surface area contributed by atoms with E-state index < -0.39 is 0 Å². The third-order valence-electron chi connectivity index (χ3n) is 3.99. The van der Waals surface area contributed by atoms with Crippen molar-refractivity contribution in [3.63, 3.8) is 0 Å². The summed E-state index contributed by atoms with van der Waals surface area (Å²) in [5.41, 5.74) is 4.15. The summed E-state index contributed by atoms with van der Waals surface area (Å²) in [5.74, 6) is 0.551. The second-order valence-electron chi connectivity index (χ2n) is 5.38. The molecule has 0 heterocycles. The summed E-state index contributed by atoms with van der Waals surface area (Å²) >= 11 is 6.13. The normalized spacial score (nSPS) is 16.7. The molecule has 1 aliphatic rings. The molecule has 0 aliphatic heterocycles. The van der Waals surface area contributed by atoms with Crippen LogP contribution < -0.4 is 10.1 Å². The van der Waals surface area contributed by atoms with Crippen molar-refractivity contribution in [1.29, 1.82) is 0 Å². The van der Waals surface area contributed by atoms with Crippen LogP contribution in [0.25, 0.3) is 0 Å². The van der Waals surface area contributed by atoms with E-state index in [2.05, 4.69) is 5.32 Å². The first-order chi connectivity index (χ1) is 10.1. The van der Waals surface area contributed by atoms with E-state index in [9.17, 15) is 4.39 Å². The van der Waals surface area contributed by atoms with Crippen LogP contribution in [0.5, 0.6) is 5.75 Å². The van der Waals surface area contributed by atoms with Gasteiger partial charge in [-0.05, 0) is 54.7 Å². The highest BCUT2D eigenvalue weighted by Gasteiger charge is 2.23. The van der Waals surface area contributed by atoms with Crippen LogP contribution in [0.3, 0.4) is 0 Å². The molecule has 0 saturated heterocycles. The van der Waals surface area contributed by atoms with Gasteiger partial charge in [-0.1, -0.05) is 17.7 Å². The lowest BCUT2D eigenvalue weighted by molar-refractivity contribution is 0.416. The zero-order chi connectivity index (χ0) is 15.0. The van der Waals surface area contributed by atoms with Gasteiger partial charge < -0.3 is 10.1 Å². The van der Waals surface area contributed by atoms with Crippen molar-refractivity contribution in [3.05, 3.63) is 57.9 Å². The maximum atomic E-state index is 13.3. The van der Waals surface area contributed by atoms with Gasteiger partial charge in [-0.3, -0.25) is 0 Å². The number of methoxy groups -OCH3 is 1. The number of ether oxygens (including phenoxy) is 1. The second-order valence-corrected chi connectivity index (χ2v) is 5.79. The van der Waals surface area contributed by atoms with Crippen molar-refractivity contribution >= 4 is 17.3 Å². The van der Waals surface area contributed by atoms with Crippen LogP contribution in [0.4, 0.5) is 10.1 Å². The van der Waals surface area contributed by atoms with E-state index in [1.54, 1.807) is 13.2 Å². The van der Waals surface area contributed by atoms with Gasteiger partial charge in [0.15, 0.2) is 0 Å². The number of nitrogens with one attached hydrogen (secondary N) is 1. The smallest absolute Gasteiger partial charge is 0.143 e. The van der Waals surface area contributed by atoms with E-state index in [1.807, 2.05) is 25.1 Å². The molecule has 0 bridgehead atoms. The van der Waals surface area contributed by atoms with Gasteiger partial charge in [0.1, 0.15) is 11.6 Å². The van der Waals surface area contributed by atoms with Gasteiger partial charge in [0.2, 0.25) is 0 Å². The van der Waals surface area contributed by atoms with Crippen LogP contribution in [0.2, 0.25) is 5.02 Å². The van der Waals surface area contributed by atoms with Gasteiger partial charge in [0.05, 0.1) is 18.8 Å². The molecule has 1 unspecified atom stereocenters. The second kappa shape index (κ2) is 5.57. The molecule has 0 amide bonds. The third kappa shape index (κ3) is 2.70. The molecule has 110 valence electrons. The lowest BCUT2D eigenvalue weighted by atomic mass is 10.1. The van der Waals surface area contributed by atoms with E-state index in [4.69, 9.17) is 16.3 Å². The summed E-state index contributed by atoms with van der Waals surface area (Å²) in [4.78, 5) is 0. The van der Waals surface area contributed by atoms with Crippen molar-refractivity contribution in [2.24, 2.45) is 0 Å². The van der Waals surface area contributed by atoms with Gasteiger partial charge in [0.25, 0.3) is 0 Å². The minimum absolute atomic E-state index is 0.172. The Morgan fingerprint density at radius 2 is 2.10 bits per heavy atom. The summed E-state index contributed by atoms with van der Waals surface area (Å²) in [5, 5.41) is 4.18. The number of anilines is 1. The first kappa shape index (κ1) is 14.2. The zero-order valence-electron chi connectivity index (χ0n) is 12.0. The lowest BCUT2D eigenvalue weighted by Crippen LogP contribution is -2.08. The van der Waals surface area contributed by atoms with Gasteiger partial charge >= 0.3 is 0 Å². The molecule has 0 radical (unpaired) electrons. The Hall–Kier alpha value is -1.74. The minimum Gasteiger partial charge on any atom is -0.495 e. The molecule has 1 N–H and O–H groups in total. The Labute approximate surface area is 128 Å². The Bertz CT molecular complexity index is 687. The summed E-state index contributed by atoms with van der Waals surface area (Å²) < 4.78 is 18.7. The third-order valence-corrected chi connectivity index (χ3v) is 4.40. The van der Waals surface area contributed by atoms with E-state index in [1.165, 1.54) is 6.07 Å². The monoisotopic (exact) mass is 305 g/mol. The minimum atomic E-state index is -0.172. The first-order valence-electron chi connectivity index (χ1n) is 6.97. The van der Waals surface area contributed by atoms with Gasteiger partial charge in [-0.2, -0.15) is 0 Å². The molecule has 2 aromatic carbocycles. The van der Waals surface area contributed by atoms with Crippen LogP contribution in [-0.2, 0) is 6.42 Å². The number of halogens is 2. The molecule has 2 nitrogen and oxygen atoms in total. The maximum absolute atomic E-state index is 13.3. The number of rotatable bonds is 3. The van der Waals surface area contributed by atoms with Crippen molar-refractivity contribution in [3.8, 4) is 5.75 Å². The molecule has 21 heavy (non-hydrogen) atoms. The van der Waals surface area contributed by atoms with Crippen molar-refractivity contribution in [2.45, 2.75) is 25.8 Å². The SMILES string of the molecule is COc1cc(Cl)c(C)cc1NC1CCc2cc(F)ccc21. The fourth-order valence-corrected chi connectivity index (χ4v) is 3.02. The Kier molecular flexibility index (Phi) is 3.77. The molecular formula is C17H17ClFNO. The summed E-state index contributed by atoms with van der Waals surface area (Å²) in [6.07, 6.45) is 1.84. The van der Waals surface area contributed by atoms with Crippen LogP contribution in [0.15, 0.2) is 30.3 Å². The maximum Gasteiger partial charge on any atom is 0.143 e. The summed E-state index contributed by atoms with van der Waals surface area (Å²) in [6, 6.07) is 8.99.